The molecule has 1 aromatic carbocycles. The third-order valence-corrected chi connectivity index (χ3v) is 3.81. The molecule has 2 aromatic rings. The quantitative estimate of drug-likeness (QED) is 0.888. The third-order valence-electron chi connectivity index (χ3n) is 3.81. The molecule has 0 radical (unpaired) electrons. The van der Waals surface area contributed by atoms with Crippen molar-refractivity contribution in [1.82, 2.24) is 20.0 Å². The van der Waals surface area contributed by atoms with Crippen molar-refractivity contribution in [2.24, 2.45) is 0 Å². The van der Waals surface area contributed by atoms with Gasteiger partial charge in [-0.1, -0.05) is 29.8 Å². The van der Waals surface area contributed by atoms with Crippen molar-refractivity contribution >= 4 is 5.91 Å². The van der Waals surface area contributed by atoms with E-state index in [2.05, 4.69) is 10.2 Å². The number of aryl methyl sites for hydroxylation is 1. The number of aromatic nitrogens is 2. The average molecular weight is 300 g/mol. The number of nitrogens with one attached hydrogen (secondary N) is 1. The van der Waals surface area contributed by atoms with Crippen molar-refractivity contribution in [2.45, 2.75) is 19.4 Å². The summed E-state index contributed by atoms with van der Waals surface area (Å²) in [5.41, 5.74) is 3.33. The third kappa shape index (κ3) is 3.95. The van der Waals surface area contributed by atoms with Gasteiger partial charge in [-0.15, -0.1) is 0 Å². The Labute approximate surface area is 131 Å². The molecule has 0 bridgehead atoms. The SMILES string of the molecule is Cc1ccc([C@@H](C(=O)N(C)CCc2cn[nH]c2)N(C)C)cc1. The standard InChI is InChI=1S/C17H24N4O/c1-13-5-7-15(8-6-13)16(20(2)3)17(22)21(4)10-9-14-11-18-19-12-14/h5-8,11-12,16H,9-10H2,1-4H3,(H,18,19)/t16-/m0/s1. The van der Waals surface area contributed by atoms with Crippen molar-refractivity contribution in [3.05, 3.63) is 53.3 Å². The minimum Gasteiger partial charge on any atom is -0.344 e. The number of hydrogen-bond acceptors (Lipinski definition) is 3. The minimum atomic E-state index is -0.255. The Bertz CT molecular complexity index is 590. The molecule has 118 valence electrons. The summed E-state index contributed by atoms with van der Waals surface area (Å²) in [5, 5.41) is 6.72. The highest BCUT2D eigenvalue weighted by molar-refractivity contribution is 5.83. The molecule has 1 N–H and O–H groups in total. The van der Waals surface area contributed by atoms with Crippen molar-refractivity contribution in [1.29, 1.82) is 0 Å². The van der Waals surface area contributed by atoms with Crippen LogP contribution in [0.2, 0.25) is 0 Å². The maximum absolute atomic E-state index is 12.8. The van der Waals surface area contributed by atoms with Gasteiger partial charge in [-0.2, -0.15) is 5.10 Å². The maximum atomic E-state index is 12.8. The van der Waals surface area contributed by atoms with E-state index >= 15 is 0 Å². The number of likely N-dealkylation sites (N-methyl/N-ethyl adjacent to an activating group) is 2. The number of benzene rings is 1. The normalized spacial score (nSPS) is 12.4. The molecule has 0 spiro atoms. The highest BCUT2D eigenvalue weighted by Gasteiger charge is 2.25. The van der Waals surface area contributed by atoms with Crippen LogP contribution in [0, 0.1) is 6.92 Å². The molecule has 1 atom stereocenters. The van der Waals surface area contributed by atoms with Crippen LogP contribution in [0.4, 0.5) is 0 Å². The van der Waals surface area contributed by atoms with Crippen LogP contribution < -0.4 is 0 Å². The molecule has 2 rings (SSSR count). The summed E-state index contributed by atoms with van der Waals surface area (Å²) in [5.74, 6) is 0.109. The number of hydrogen-bond donors (Lipinski definition) is 1. The van der Waals surface area contributed by atoms with E-state index in [1.54, 1.807) is 11.1 Å². The molecule has 1 aromatic heterocycles. The molecule has 0 fully saturated rings. The van der Waals surface area contributed by atoms with E-state index in [1.165, 1.54) is 5.56 Å². The van der Waals surface area contributed by atoms with Crippen molar-refractivity contribution in [2.75, 3.05) is 27.7 Å². The topological polar surface area (TPSA) is 52.2 Å². The van der Waals surface area contributed by atoms with Gasteiger partial charge in [0.1, 0.15) is 6.04 Å². The fourth-order valence-electron chi connectivity index (χ4n) is 2.44. The first-order chi connectivity index (χ1) is 10.5. The second-order valence-corrected chi connectivity index (χ2v) is 5.89. The van der Waals surface area contributed by atoms with Crippen LogP contribution in [-0.4, -0.2) is 53.6 Å². The summed E-state index contributed by atoms with van der Waals surface area (Å²) < 4.78 is 0. The van der Waals surface area contributed by atoms with E-state index in [9.17, 15) is 4.79 Å². The monoisotopic (exact) mass is 300 g/mol. The molecule has 0 unspecified atom stereocenters. The van der Waals surface area contributed by atoms with Gasteiger partial charge in [-0.3, -0.25) is 14.8 Å². The molecule has 5 nitrogen and oxygen atoms in total. The number of carbonyl (C=O) groups excluding carboxylic acids is 1. The van der Waals surface area contributed by atoms with Crippen molar-refractivity contribution in [3.63, 3.8) is 0 Å². The van der Waals surface area contributed by atoms with E-state index < -0.39 is 0 Å². The fraction of sp³-hybridized carbons (Fsp3) is 0.412. The lowest BCUT2D eigenvalue weighted by Crippen LogP contribution is -2.39. The zero-order valence-electron chi connectivity index (χ0n) is 13.7. The lowest BCUT2D eigenvalue weighted by molar-refractivity contribution is -0.135. The maximum Gasteiger partial charge on any atom is 0.244 e. The number of aromatic amines is 1. The number of carbonyl (C=O) groups is 1. The van der Waals surface area contributed by atoms with Crippen LogP contribution in [0.1, 0.15) is 22.7 Å². The van der Waals surface area contributed by atoms with Gasteiger partial charge in [-0.05, 0) is 38.6 Å². The average Bonchev–Trinajstić information content (AvgIpc) is 3.00. The van der Waals surface area contributed by atoms with Crippen molar-refractivity contribution in [3.8, 4) is 0 Å². The number of amides is 1. The summed E-state index contributed by atoms with van der Waals surface area (Å²) >= 11 is 0. The summed E-state index contributed by atoms with van der Waals surface area (Å²) in [6.07, 6.45) is 4.45. The Kier molecular flexibility index (Phi) is 5.33. The van der Waals surface area contributed by atoms with Crippen LogP contribution in [0.15, 0.2) is 36.7 Å². The molecule has 1 amide bonds. The van der Waals surface area contributed by atoms with E-state index in [-0.39, 0.29) is 11.9 Å². The Morgan fingerprint density at radius 3 is 2.45 bits per heavy atom. The van der Waals surface area contributed by atoms with Gasteiger partial charge in [-0.25, -0.2) is 0 Å². The summed E-state index contributed by atoms with van der Waals surface area (Å²) in [7, 11) is 5.73. The number of H-pyrrole nitrogens is 1. The lowest BCUT2D eigenvalue weighted by Gasteiger charge is -2.28. The molecule has 0 saturated carbocycles. The zero-order valence-corrected chi connectivity index (χ0v) is 13.7. The second kappa shape index (κ2) is 7.22. The Morgan fingerprint density at radius 2 is 1.91 bits per heavy atom. The molecule has 0 saturated heterocycles. The molecule has 22 heavy (non-hydrogen) atoms. The number of nitrogens with zero attached hydrogens (tertiary/aromatic N) is 3. The van der Waals surface area contributed by atoms with E-state index in [4.69, 9.17) is 0 Å². The van der Waals surface area contributed by atoms with Crippen LogP contribution in [0.25, 0.3) is 0 Å². The lowest BCUT2D eigenvalue weighted by atomic mass is 10.0. The molecule has 0 aliphatic rings. The van der Waals surface area contributed by atoms with Crippen LogP contribution in [0.3, 0.4) is 0 Å². The predicted octanol–water partition coefficient (Wildman–Crippen LogP) is 2.02. The molecular formula is C17H24N4O. The molecular weight excluding hydrogens is 276 g/mol. The van der Waals surface area contributed by atoms with Gasteiger partial charge < -0.3 is 4.90 Å². The van der Waals surface area contributed by atoms with Gasteiger partial charge >= 0.3 is 0 Å². The van der Waals surface area contributed by atoms with Gasteiger partial charge in [0, 0.05) is 19.8 Å². The summed E-state index contributed by atoms with van der Waals surface area (Å²) in [4.78, 5) is 16.5. The van der Waals surface area contributed by atoms with Crippen LogP contribution in [-0.2, 0) is 11.2 Å². The Morgan fingerprint density at radius 1 is 1.23 bits per heavy atom. The minimum absolute atomic E-state index is 0.109. The second-order valence-electron chi connectivity index (χ2n) is 5.89. The zero-order chi connectivity index (χ0) is 16.1. The first-order valence-corrected chi connectivity index (χ1v) is 7.44. The van der Waals surface area contributed by atoms with E-state index in [1.807, 2.05) is 63.4 Å². The van der Waals surface area contributed by atoms with Crippen LogP contribution >= 0.6 is 0 Å². The first-order valence-electron chi connectivity index (χ1n) is 7.44. The Balaban J connectivity index is 2.07. The first kappa shape index (κ1) is 16.2. The van der Waals surface area contributed by atoms with Gasteiger partial charge in [0.25, 0.3) is 0 Å². The highest BCUT2D eigenvalue weighted by atomic mass is 16.2. The largest absolute Gasteiger partial charge is 0.344 e. The molecule has 1 heterocycles. The molecule has 0 aliphatic carbocycles. The fourth-order valence-corrected chi connectivity index (χ4v) is 2.44. The Hall–Kier alpha value is -2.14. The van der Waals surface area contributed by atoms with Crippen LogP contribution in [0.5, 0.6) is 0 Å². The highest BCUT2D eigenvalue weighted by Crippen LogP contribution is 2.21. The summed E-state index contributed by atoms with van der Waals surface area (Å²) in [6.45, 7) is 2.72. The summed E-state index contributed by atoms with van der Waals surface area (Å²) in [6, 6.07) is 7.90. The number of rotatable bonds is 6. The molecule has 0 aliphatic heterocycles. The van der Waals surface area contributed by atoms with Gasteiger partial charge in [0.15, 0.2) is 0 Å². The van der Waals surface area contributed by atoms with Gasteiger partial charge in [0.05, 0.1) is 6.20 Å². The van der Waals surface area contributed by atoms with E-state index in [0.29, 0.717) is 6.54 Å². The molecule has 5 heteroatoms. The predicted molar refractivity (Wildman–Crippen MR) is 87.5 cm³/mol. The van der Waals surface area contributed by atoms with Gasteiger partial charge in [0.2, 0.25) is 5.91 Å². The van der Waals surface area contributed by atoms with Crippen molar-refractivity contribution < 1.29 is 4.79 Å². The smallest absolute Gasteiger partial charge is 0.244 e. The van der Waals surface area contributed by atoms with E-state index in [0.717, 1.165) is 17.5 Å².